The lowest BCUT2D eigenvalue weighted by Crippen LogP contribution is -2.16. The molecule has 0 saturated carbocycles. The summed E-state index contributed by atoms with van der Waals surface area (Å²) < 4.78 is 0. The number of nitrogens with zero attached hydrogens (tertiary/aromatic N) is 2. The van der Waals surface area contributed by atoms with Crippen LogP contribution in [0.1, 0.15) is 12.6 Å². The van der Waals surface area contributed by atoms with Gasteiger partial charge in [0.05, 0.1) is 0 Å². The van der Waals surface area contributed by atoms with Crippen molar-refractivity contribution in [2.75, 3.05) is 18.8 Å². The molecule has 1 heterocycles. The molecule has 0 amide bonds. The minimum atomic E-state index is 0.827. The molecule has 0 unspecified atom stereocenters. The van der Waals surface area contributed by atoms with Crippen LogP contribution in [0, 0.1) is 6.92 Å². The first-order chi connectivity index (χ1) is 7.22. The Morgan fingerprint density at radius 2 is 2.40 bits per heavy atom. The van der Waals surface area contributed by atoms with Crippen molar-refractivity contribution >= 4 is 11.8 Å². The number of aromatic nitrogens is 2. The first-order valence-corrected chi connectivity index (χ1v) is 6.00. The summed E-state index contributed by atoms with van der Waals surface area (Å²) in [6.07, 6.45) is 1.79. The maximum Gasteiger partial charge on any atom is 0.188 e. The fourth-order valence-corrected chi connectivity index (χ4v) is 1.79. The number of hydrogen-bond acceptors (Lipinski definition) is 4. The molecule has 3 nitrogen and oxygen atoms in total. The van der Waals surface area contributed by atoms with Gasteiger partial charge in [-0.05, 0) is 19.5 Å². The van der Waals surface area contributed by atoms with Crippen molar-refractivity contribution in [1.29, 1.82) is 0 Å². The standard InChI is InChI=1S/C11H17N3S/c1-4-12-7-9(2)8-15-11-13-6-5-10(3)14-11/h5-6,12H,2,4,7-8H2,1,3H3. The molecule has 1 aromatic heterocycles. The van der Waals surface area contributed by atoms with E-state index in [9.17, 15) is 0 Å². The second-order valence-electron chi connectivity index (χ2n) is 3.30. The molecule has 0 fully saturated rings. The van der Waals surface area contributed by atoms with Crippen LogP contribution in [0.15, 0.2) is 29.6 Å². The molecule has 4 heteroatoms. The number of rotatable bonds is 6. The van der Waals surface area contributed by atoms with Crippen LogP contribution in [0.4, 0.5) is 0 Å². The zero-order valence-electron chi connectivity index (χ0n) is 9.29. The monoisotopic (exact) mass is 223 g/mol. The summed E-state index contributed by atoms with van der Waals surface area (Å²) in [6.45, 7) is 9.90. The van der Waals surface area contributed by atoms with Gasteiger partial charge in [0, 0.05) is 24.2 Å². The van der Waals surface area contributed by atoms with Crippen LogP contribution in [-0.2, 0) is 0 Å². The largest absolute Gasteiger partial charge is 0.313 e. The third kappa shape index (κ3) is 4.95. The number of aryl methyl sites for hydroxylation is 1. The maximum absolute atomic E-state index is 4.32. The van der Waals surface area contributed by atoms with Gasteiger partial charge in [-0.2, -0.15) is 0 Å². The van der Waals surface area contributed by atoms with Gasteiger partial charge in [-0.25, -0.2) is 9.97 Å². The summed E-state index contributed by atoms with van der Waals surface area (Å²) in [6, 6.07) is 1.90. The molecule has 0 atom stereocenters. The van der Waals surface area contributed by atoms with Gasteiger partial charge in [0.15, 0.2) is 5.16 Å². The molecule has 1 aromatic rings. The van der Waals surface area contributed by atoms with Crippen LogP contribution in [0.5, 0.6) is 0 Å². The summed E-state index contributed by atoms with van der Waals surface area (Å²) in [4.78, 5) is 8.50. The lowest BCUT2D eigenvalue weighted by atomic mass is 10.3. The van der Waals surface area contributed by atoms with Crippen molar-refractivity contribution in [2.24, 2.45) is 0 Å². The Morgan fingerprint density at radius 1 is 1.60 bits per heavy atom. The minimum absolute atomic E-state index is 0.827. The van der Waals surface area contributed by atoms with Crippen LogP contribution in [0.2, 0.25) is 0 Å². The molecule has 0 aliphatic rings. The predicted molar refractivity (Wildman–Crippen MR) is 65.2 cm³/mol. The average Bonchev–Trinajstić information content (AvgIpc) is 2.23. The van der Waals surface area contributed by atoms with E-state index in [4.69, 9.17) is 0 Å². The van der Waals surface area contributed by atoms with Gasteiger partial charge in [-0.3, -0.25) is 0 Å². The van der Waals surface area contributed by atoms with Crippen molar-refractivity contribution in [1.82, 2.24) is 15.3 Å². The maximum atomic E-state index is 4.32. The van der Waals surface area contributed by atoms with E-state index in [2.05, 4.69) is 28.8 Å². The van der Waals surface area contributed by atoms with Crippen molar-refractivity contribution in [3.63, 3.8) is 0 Å². The Morgan fingerprint density at radius 3 is 3.07 bits per heavy atom. The van der Waals surface area contributed by atoms with Crippen LogP contribution in [0.3, 0.4) is 0 Å². The average molecular weight is 223 g/mol. The molecular formula is C11H17N3S. The second kappa shape index (κ2) is 6.58. The second-order valence-corrected chi connectivity index (χ2v) is 4.24. The Labute approximate surface area is 95.4 Å². The molecule has 15 heavy (non-hydrogen) atoms. The summed E-state index contributed by atoms with van der Waals surface area (Å²) in [5.41, 5.74) is 2.18. The number of hydrogen-bond donors (Lipinski definition) is 1. The van der Waals surface area contributed by atoms with Gasteiger partial charge in [0.1, 0.15) is 0 Å². The third-order valence-electron chi connectivity index (χ3n) is 1.80. The van der Waals surface area contributed by atoms with Crippen LogP contribution in [0.25, 0.3) is 0 Å². The number of nitrogens with one attached hydrogen (secondary N) is 1. The molecule has 82 valence electrons. The molecular weight excluding hydrogens is 206 g/mol. The zero-order valence-corrected chi connectivity index (χ0v) is 10.1. The van der Waals surface area contributed by atoms with E-state index in [0.29, 0.717) is 0 Å². The van der Waals surface area contributed by atoms with E-state index in [-0.39, 0.29) is 0 Å². The fraction of sp³-hybridized carbons (Fsp3) is 0.455. The predicted octanol–water partition coefficient (Wildman–Crippen LogP) is 2.04. The molecule has 1 N–H and O–H groups in total. The topological polar surface area (TPSA) is 37.8 Å². The number of thioether (sulfide) groups is 1. The summed E-state index contributed by atoms with van der Waals surface area (Å²) >= 11 is 1.63. The van der Waals surface area contributed by atoms with Crippen molar-refractivity contribution in [3.05, 3.63) is 30.1 Å². The Bertz CT molecular complexity index is 325. The van der Waals surface area contributed by atoms with E-state index in [0.717, 1.165) is 29.7 Å². The molecule has 1 rings (SSSR count). The first-order valence-electron chi connectivity index (χ1n) is 5.02. The van der Waals surface area contributed by atoms with E-state index in [1.54, 1.807) is 18.0 Å². The fourth-order valence-electron chi connectivity index (χ4n) is 1.01. The van der Waals surface area contributed by atoms with Gasteiger partial charge in [-0.1, -0.05) is 30.8 Å². The third-order valence-corrected chi connectivity index (χ3v) is 2.81. The molecule has 0 aliphatic carbocycles. The Kier molecular flexibility index (Phi) is 5.36. The van der Waals surface area contributed by atoms with Gasteiger partial charge >= 0.3 is 0 Å². The minimum Gasteiger partial charge on any atom is -0.313 e. The van der Waals surface area contributed by atoms with Crippen LogP contribution >= 0.6 is 11.8 Å². The normalized spacial score (nSPS) is 10.3. The van der Waals surface area contributed by atoms with Crippen LogP contribution in [-0.4, -0.2) is 28.8 Å². The SMILES string of the molecule is C=C(CNCC)CSc1nccc(C)n1. The number of likely N-dealkylation sites (N-methyl/N-ethyl adjacent to an activating group) is 1. The molecule has 0 aliphatic heterocycles. The van der Waals surface area contributed by atoms with Gasteiger partial charge in [-0.15, -0.1) is 0 Å². The first kappa shape index (κ1) is 12.2. The summed E-state index contributed by atoms with van der Waals surface area (Å²) in [7, 11) is 0. The molecule has 0 bridgehead atoms. The lowest BCUT2D eigenvalue weighted by molar-refractivity contribution is 0.778. The smallest absolute Gasteiger partial charge is 0.188 e. The van der Waals surface area contributed by atoms with Gasteiger partial charge < -0.3 is 5.32 Å². The molecule has 0 aromatic carbocycles. The highest BCUT2D eigenvalue weighted by atomic mass is 32.2. The molecule has 0 spiro atoms. The van der Waals surface area contributed by atoms with E-state index in [1.807, 2.05) is 13.0 Å². The van der Waals surface area contributed by atoms with Crippen molar-refractivity contribution in [3.8, 4) is 0 Å². The van der Waals surface area contributed by atoms with Crippen molar-refractivity contribution in [2.45, 2.75) is 19.0 Å². The molecule has 0 saturated heterocycles. The van der Waals surface area contributed by atoms with Gasteiger partial charge in [0.25, 0.3) is 0 Å². The highest BCUT2D eigenvalue weighted by molar-refractivity contribution is 7.99. The lowest BCUT2D eigenvalue weighted by Gasteiger charge is -2.05. The van der Waals surface area contributed by atoms with Crippen LogP contribution < -0.4 is 5.32 Å². The summed E-state index contributed by atoms with van der Waals surface area (Å²) in [5.74, 6) is 0.871. The highest BCUT2D eigenvalue weighted by Crippen LogP contribution is 2.14. The molecule has 0 radical (unpaired) electrons. The Balaban J connectivity index is 2.33. The summed E-state index contributed by atoms with van der Waals surface area (Å²) in [5, 5.41) is 4.07. The van der Waals surface area contributed by atoms with Gasteiger partial charge in [0.2, 0.25) is 0 Å². The van der Waals surface area contributed by atoms with E-state index in [1.165, 1.54) is 5.57 Å². The van der Waals surface area contributed by atoms with E-state index < -0.39 is 0 Å². The van der Waals surface area contributed by atoms with Crippen molar-refractivity contribution < 1.29 is 0 Å². The quantitative estimate of drug-likeness (QED) is 0.455. The highest BCUT2D eigenvalue weighted by Gasteiger charge is 1.99. The Hall–Kier alpha value is -0.870. The van der Waals surface area contributed by atoms with E-state index >= 15 is 0 Å². The zero-order chi connectivity index (χ0) is 11.1.